The number of nitrogens with one attached hydrogen (secondary N) is 3. The van der Waals surface area contributed by atoms with E-state index < -0.39 is 0 Å². The van der Waals surface area contributed by atoms with Crippen molar-refractivity contribution in [2.45, 2.75) is 32.0 Å². The highest BCUT2D eigenvalue weighted by atomic mass is 32.2. The van der Waals surface area contributed by atoms with Gasteiger partial charge in [-0.15, -0.1) is 0 Å². The number of amides is 1. The summed E-state index contributed by atoms with van der Waals surface area (Å²) in [5.41, 5.74) is 4.50. The third kappa shape index (κ3) is 5.83. The fraction of sp³-hybridized carbons (Fsp3) is 0.226. The number of morpholine rings is 1. The summed E-state index contributed by atoms with van der Waals surface area (Å²) < 4.78 is 5.48. The van der Waals surface area contributed by atoms with Gasteiger partial charge in [0.1, 0.15) is 0 Å². The summed E-state index contributed by atoms with van der Waals surface area (Å²) >= 11 is 3.37. The minimum absolute atomic E-state index is 0.0634. The van der Waals surface area contributed by atoms with E-state index in [0.29, 0.717) is 19.6 Å². The van der Waals surface area contributed by atoms with Crippen molar-refractivity contribution in [1.29, 1.82) is 0 Å². The Kier molecular flexibility index (Phi) is 7.97. The van der Waals surface area contributed by atoms with E-state index in [9.17, 15) is 9.59 Å². The lowest BCUT2D eigenvalue weighted by Crippen LogP contribution is -2.40. The summed E-state index contributed by atoms with van der Waals surface area (Å²) in [6.07, 6.45) is 0.615. The van der Waals surface area contributed by atoms with Gasteiger partial charge in [-0.1, -0.05) is 66.0 Å². The molecule has 3 N–H and O–H groups in total. The third-order valence-corrected chi connectivity index (χ3v) is 9.66. The van der Waals surface area contributed by atoms with E-state index in [-0.39, 0.29) is 17.5 Å². The quantitative estimate of drug-likeness (QED) is 0.246. The number of aromatic amines is 1. The van der Waals surface area contributed by atoms with Crippen LogP contribution in [0, 0.1) is 0 Å². The number of carbonyl (C=O) groups excluding carboxylic acids is 1. The lowest BCUT2D eigenvalue weighted by molar-refractivity contribution is -0.118. The molecule has 40 heavy (non-hydrogen) atoms. The number of rotatable bonds is 7. The monoisotopic (exact) mass is 570 g/mol. The number of H-pyrrole nitrogens is 1. The second-order valence-electron chi connectivity index (χ2n) is 9.73. The first-order valence-electron chi connectivity index (χ1n) is 13.3. The van der Waals surface area contributed by atoms with Crippen molar-refractivity contribution in [3.8, 4) is 11.3 Å². The Morgan fingerprint density at radius 3 is 2.58 bits per heavy atom. The molecule has 0 aliphatic carbocycles. The van der Waals surface area contributed by atoms with Gasteiger partial charge < -0.3 is 25.3 Å². The Labute approximate surface area is 241 Å². The van der Waals surface area contributed by atoms with Crippen LogP contribution in [0.5, 0.6) is 0 Å². The number of ether oxygens (including phenoxy) is 1. The lowest BCUT2D eigenvalue weighted by atomic mass is 10.1. The Morgan fingerprint density at radius 1 is 0.950 bits per heavy atom. The Hall–Kier alpha value is -3.50. The summed E-state index contributed by atoms with van der Waals surface area (Å²) in [5, 5.41) is 6.23. The maximum Gasteiger partial charge on any atom is 0.250 e. The molecule has 9 heteroatoms. The highest BCUT2D eigenvalue weighted by Crippen LogP contribution is 2.52. The zero-order valence-electron chi connectivity index (χ0n) is 22.1. The Morgan fingerprint density at radius 2 is 1.77 bits per heavy atom. The summed E-state index contributed by atoms with van der Waals surface area (Å²) in [6.45, 7) is 2.87. The van der Waals surface area contributed by atoms with Crippen molar-refractivity contribution in [2.24, 2.45) is 0 Å². The summed E-state index contributed by atoms with van der Waals surface area (Å²) in [7, 11) is 1.81. The first kappa shape index (κ1) is 26.7. The zero-order valence-corrected chi connectivity index (χ0v) is 23.7. The largest absolute Gasteiger partial charge is 0.378 e. The summed E-state index contributed by atoms with van der Waals surface area (Å²) in [4.78, 5) is 35.4. The van der Waals surface area contributed by atoms with Crippen molar-refractivity contribution in [1.82, 2.24) is 10.3 Å². The number of aromatic nitrogens is 1. The normalized spacial score (nSPS) is 15.2. The Bertz CT molecular complexity index is 1590. The van der Waals surface area contributed by atoms with E-state index in [1.807, 2.05) is 55.6 Å². The van der Waals surface area contributed by atoms with Crippen molar-refractivity contribution >= 4 is 40.8 Å². The van der Waals surface area contributed by atoms with Crippen molar-refractivity contribution in [3.63, 3.8) is 0 Å². The molecule has 4 aromatic rings. The fourth-order valence-electron chi connectivity index (χ4n) is 4.97. The van der Waals surface area contributed by atoms with Crippen LogP contribution in [-0.2, 0) is 16.0 Å². The molecule has 1 aromatic heterocycles. The summed E-state index contributed by atoms with van der Waals surface area (Å²) in [6, 6.07) is 25.6. The van der Waals surface area contributed by atoms with Gasteiger partial charge in [0.25, 0.3) is 0 Å². The van der Waals surface area contributed by atoms with Gasteiger partial charge in [0.15, 0.2) is 0 Å². The molecule has 6 rings (SSSR count). The van der Waals surface area contributed by atoms with Crippen LogP contribution in [0.4, 0.5) is 11.4 Å². The number of pyridine rings is 1. The van der Waals surface area contributed by atoms with Gasteiger partial charge in [0.2, 0.25) is 11.5 Å². The van der Waals surface area contributed by atoms with Crippen LogP contribution < -0.4 is 21.1 Å². The number of hydrogen-bond donors (Lipinski definition) is 3. The lowest BCUT2D eigenvalue weighted by Gasteiger charge is -2.29. The van der Waals surface area contributed by atoms with Crippen LogP contribution in [0.15, 0.2) is 103 Å². The molecule has 3 aromatic carbocycles. The van der Waals surface area contributed by atoms with Crippen molar-refractivity contribution in [3.05, 3.63) is 94.8 Å². The van der Waals surface area contributed by atoms with Crippen LogP contribution in [0.2, 0.25) is 0 Å². The van der Waals surface area contributed by atoms with Crippen molar-refractivity contribution < 1.29 is 9.53 Å². The summed E-state index contributed by atoms with van der Waals surface area (Å²) in [5.74, 6) is -0.0634. The van der Waals surface area contributed by atoms with E-state index in [1.165, 1.54) is 0 Å². The van der Waals surface area contributed by atoms with Gasteiger partial charge in [0.05, 0.1) is 24.9 Å². The standard InChI is InChI=1S/C31H30N4O3S2/c1-32-25(16-20-6-3-2-4-7-20)31(37)33-21-10-11-26-28(17-21)39-27-9-5-8-23(30(27)40-26)24-18-22(19-29(36)34-24)35-12-14-38-15-13-35/h2-11,17-19,25,32H,12-16H2,1H3,(H,33,37)(H,34,36). The highest BCUT2D eigenvalue weighted by molar-refractivity contribution is 8.05. The molecule has 2 aliphatic heterocycles. The molecule has 0 bridgehead atoms. The van der Waals surface area contributed by atoms with E-state index in [4.69, 9.17) is 4.74 Å². The molecule has 1 unspecified atom stereocenters. The predicted octanol–water partition coefficient (Wildman–Crippen LogP) is 5.26. The van der Waals surface area contributed by atoms with Gasteiger partial charge >= 0.3 is 0 Å². The SMILES string of the molecule is CNC(Cc1ccccc1)C(=O)Nc1ccc2c(c1)Sc1cccc(-c3cc(N4CCOCC4)cc(=O)[nH]3)c1S2. The van der Waals surface area contributed by atoms with Crippen LogP contribution in [0.25, 0.3) is 11.3 Å². The average Bonchev–Trinajstić information content (AvgIpc) is 2.99. The molecule has 7 nitrogen and oxygen atoms in total. The van der Waals surface area contributed by atoms with E-state index in [2.05, 4.69) is 44.8 Å². The first-order chi connectivity index (χ1) is 19.6. The molecule has 0 radical (unpaired) electrons. The minimum atomic E-state index is -0.334. The number of nitrogens with zero attached hydrogens (tertiary/aromatic N) is 1. The van der Waals surface area contributed by atoms with Crippen LogP contribution >= 0.6 is 23.5 Å². The second kappa shape index (κ2) is 11.9. The number of hydrogen-bond acceptors (Lipinski definition) is 7. The van der Waals surface area contributed by atoms with E-state index in [1.54, 1.807) is 29.6 Å². The first-order valence-corrected chi connectivity index (χ1v) is 14.9. The molecule has 1 atom stereocenters. The number of carbonyl (C=O) groups is 1. The third-order valence-electron chi connectivity index (χ3n) is 7.07. The van der Waals surface area contributed by atoms with Crippen LogP contribution in [0.3, 0.4) is 0 Å². The average molecular weight is 571 g/mol. The fourth-order valence-corrected chi connectivity index (χ4v) is 7.39. The molecular formula is C31H30N4O3S2. The van der Waals surface area contributed by atoms with Gasteiger partial charge in [0, 0.05) is 55.7 Å². The molecule has 1 saturated heterocycles. The topological polar surface area (TPSA) is 86.5 Å². The van der Waals surface area contributed by atoms with Gasteiger partial charge in [-0.3, -0.25) is 9.59 Å². The maximum atomic E-state index is 13.1. The number of anilines is 2. The molecule has 0 saturated carbocycles. The molecule has 1 amide bonds. The molecule has 2 aliphatic rings. The van der Waals surface area contributed by atoms with E-state index in [0.717, 1.165) is 60.9 Å². The van der Waals surface area contributed by atoms with Crippen LogP contribution in [0.1, 0.15) is 5.56 Å². The molecule has 0 spiro atoms. The highest BCUT2D eigenvalue weighted by Gasteiger charge is 2.23. The Balaban J connectivity index is 1.22. The van der Waals surface area contributed by atoms with Crippen molar-refractivity contribution in [2.75, 3.05) is 43.6 Å². The zero-order chi connectivity index (χ0) is 27.5. The van der Waals surface area contributed by atoms with Gasteiger partial charge in [-0.2, -0.15) is 0 Å². The van der Waals surface area contributed by atoms with E-state index >= 15 is 0 Å². The molecule has 1 fully saturated rings. The number of likely N-dealkylation sites (N-methyl/N-ethyl adjacent to an activating group) is 1. The van der Waals surface area contributed by atoms with Crippen LogP contribution in [-0.4, -0.2) is 50.3 Å². The second-order valence-corrected chi connectivity index (χ2v) is 11.9. The van der Waals surface area contributed by atoms with Gasteiger partial charge in [-0.25, -0.2) is 0 Å². The van der Waals surface area contributed by atoms with Gasteiger partial charge in [-0.05, 0) is 49.4 Å². The predicted molar refractivity (Wildman–Crippen MR) is 162 cm³/mol. The maximum absolute atomic E-state index is 13.1. The molecule has 204 valence electrons. The molecule has 3 heterocycles. The smallest absolute Gasteiger partial charge is 0.250 e. The number of benzene rings is 3. The molecular weight excluding hydrogens is 541 g/mol. The minimum Gasteiger partial charge on any atom is -0.378 e. The number of fused-ring (bicyclic) bond motifs is 2.